The van der Waals surface area contributed by atoms with E-state index in [1.807, 2.05) is 11.0 Å². The van der Waals surface area contributed by atoms with Crippen LogP contribution in [-0.4, -0.2) is 49.2 Å². The highest BCUT2D eigenvalue weighted by molar-refractivity contribution is 5.98. The molecular weight excluding hydrogens is 360 g/mol. The molecule has 4 nitrogen and oxygen atoms in total. The Kier molecular flexibility index (Phi) is 5.26. The lowest BCUT2D eigenvalue weighted by Crippen LogP contribution is -2.58. The Balaban J connectivity index is 1.73. The van der Waals surface area contributed by atoms with Crippen LogP contribution in [0, 0.1) is 6.92 Å². The van der Waals surface area contributed by atoms with Crippen molar-refractivity contribution in [1.29, 1.82) is 0 Å². The molecule has 2 aliphatic heterocycles. The number of rotatable bonds is 3. The second-order valence-electron chi connectivity index (χ2n) is 9.32. The van der Waals surface area contributed by atoms with Gasteiger partial charge in [0.2, 0.25) is 5.91 Å². The van der Waals surface area contributed by atoms with E-state index >= 15 is 0 Å². The minimum Gasteiger partial charge on any atom is -0.379 e. The second kappa shape index (κ2) is 7.58. The molecule has 2 aliphatic rings. The van der Waals surface area contributed by atoms with Crippen molar-refractivity contribution in [2.75, 3.05) is 37.7 Å². The summed E-state index contributed by atoms with van der Waals surface area (Å²) in [5.41, 5.74) is 4.44. The van der Waals surface area contributed by atoms with E-state index in [0.29, 0.717) is 19.8 Å². The summed E-state index contributed by atoms with van der Waals surface area (Å²) in [6, 6.07) is 17.3. The highest BCUT2D eigenvalue weighted by Gasteiger charge is 2.47. The van der Waals surface area contributed by atoms with Crippen molar-refractivity contribution in [3.8, 4) is 0 Å². The number of hydrogen-bond acceptors (Lipinski definition) is 3. The molecule has 1 fully saturated rings. The summed E-state index contributed by atoms with van der Waals surface area (Å²) in [4.78, 5) is 17.7. The largest absolute Gasteiger partial charge is 0.379 e. The van der Waals surface area contributed by atoms with Gasteiger partial charge >= 0.3 is 0 Å². The van der Waals surface area contributed by atoms with Crippen LogP contribution in [0.4, 0.5) is 5.69 Å². The summed E-state index contributed by atoms with van der Waals surface area (Å²) < 4.78 is 5.44. The minimum absolute atomic E-state index is 0.135. The van der Waals surface area contributed by atoms with Crippen molar-refractivity contribution in [1.82, 2.24) is 4.90 Å². The third kappa shape index (κ3) is 3.72. The van der Waals surface area contributed by atoms with E-state index < -0.39 is 0 Å². The van der Waals surface area contributed by atoms with Crippen molar-refractivity contribution in [3.63, 3.8) is 0 Å². The number of carbonyl (C=O) groups is 1. The first-order valence-corrected chi connectivity index (χ1v) is 10.6. The molecule has 0 saturated carbocycles. The Bertz CT molecular complexity index is 884. The van der Waals surface area contributed by atoms with Gasteiger partial charge in [-0.15, -0.1) is 0 Å². The highest BCUT2D eigenvalue weighted by Crippen LogP contribution is 2.50. The van der Waals surface area contributed by atoms with Gasteiger partial charge in [0.15, 0.2) is 0 Å². The zero-order chi connectivity index (χ0) is 20.6. The number of nitrogens with zero attached hydrogens (tertiary/aromatic N) is 2. The normalized spacial score (nSPS) is 24.2. The van der Waals surface area contributed by atoms with Crippen molar-refractivity contribution < 1.29 is 9.53 Å². The molecule has 0 N–H and O–H groups in total. The number of hydrogen-bond donors (Lipinski definition) is 0. The van der Waals surface area contributed by atoms with Crippen LogP contribution in [-0.2, 0) is 14.9 Å². The van der Waals surface area contributed by atoms with E-state index in [2.05, 4.69) is 75.1 Å². The standard InChI is InChI=1S/C25H32N2O2/c1-19-9-11-20(12-10-19)25(4)18-24(2,3)27(22-8-6-5-7-21(22)25)23(28)17-26-13-15-29-16-14-26/h5-12H,13-18H2,1-4H3/t25-/m1/s1. The smallest absolute Gasteiger partial charge is 0.241 e. The predicted octanol–water partition coefficient (Wildman–Crippen LogP) is 4.15. The predicted molar refractivity (Wildman–Crippen MR) is 118 cm³/mol. The SMILES string of the molecule is Cc1ccc([C@@]2(C)CC(C)(C)N(C(=O)CN3CCOCC3)c3ccccc32)cc1. The van der Waals surface area contributed by atoms with E-state index in [0.717, 1.165) is 25.2 Å². The summed E-state index contributed by atoms with van der Waals surface area (Å²) in [6.45, 7) is 12.4. The molecule has 0 bridgehead atoms. The fourth-order valence-corrected chi connectivity index (χ4v) is 5.17. The first-order valence-electron chi connectivity index (χ1n) is 10.6. The molecule has 154 valence electrons. The van der Waals surface area contributed by atoms with E-state index in [9.17, 15) is 4.79 Å². The molecule has 0 radical (unpaired) electrons. The maximum absolute atomic E-state index is 13.5. The van der Waals surface area contributed by atoms with Crippen LogP contribution < -0.4 is 4.90 Å². The quantitative estimate of drug-likeness (QED) is 0.787. The van der Waals surface area contributed by atoms with Gasteiger partial charge in [0.05, 0.1) is 19.8 Å². The number of ether oxygens (including phenoxy) is 1. The number of benzene rings is 2. The van der Waals surface area contributed by atoms with Crippen LogP contribution in [0.25, 0.3) is 0 Å². The molecule has 2 aromatic rings. The summed E-state index contributed by atoms with van der Waals surface area (Å²) in [6.07, 6.45) is 0.884. The summed E-state index contributed by atoms with van der Waals surface area (Å²) in [7, 11) is 0. The molecule has 4 heteroatoms. The van der Waals surface area contributed by atoms with Gasteiger partial charge in [-0.05, 0) is 44.4 Å². The Hall–Kier alpha value is -2.17. The number of para-hydroxylation sites is 1. The molecular formula is C25H32N2O2. The molecule has 2 aromatic carbocycles. The van der Waals surface area contributed by atoms with Crippen molar-refractivity contribution >= 4 is 11.6 Å². The van der Waals surface area contributed by atoms with Crippen LogP contribution in [0.3, 0.4) is 0 Å². The number of amides is 1. The number of morpholine rings is 1. The Morgan fingerprint density at radius 1 is 1.00 bits per heavy atom. The van der Waals surface area contributed by atoms with E-state index in [4.69, 9.17) is 4.74 Å². The summed E-state index contributed by atoms with van der Waals surface area (Å²) in [5.74, 6) is 0.176. The molecule has 0 aliphatic carbocycles. The Morgan fingerprint density at radius 3 is 2.34 bits per heavy atom. The van der Waals surface area contributed by atoms with Crippen molar-refractivity contribution in [2.24, 2.45) is 0 Å². The average molecular weight is 393 g/mol. The van der Waals surface area contributed by atoms with E-state index in [-0.39, 0.29) is 16.9 Å². The number of carbonyl (C=O) groups excluding carboxylic acids is 1. The third-order valence-electron chi connectivity index (χ3n) is 6.53. The molecule has 0 unspecified atom stereocenters. The van der Waals surface area contributed by atoms with Gasteiger partial charge in [0.25, 0.3) is 0 Å². The minimum atomic E-state index is -0.280. The number of anilines is 1. The third-order valence-corrected chi connectivity index (χ3v) is 6.53. The zero-order valence-electron chi connectivity index (χ0n) is 18.1. The lowest BCUT2D eigenvalue weighted by molar-refractivity contribution is -0.122. The van der Waals surface area contributed by atoms with Crippen LogP contribution in [0.5, 0.6) is 0 Å². The molecule has 4 rings (SSSR count). The Labute approximate surface area is 174 Å². The summed E-state index contributed by atoms with van der Waals surface area (Å²) in [5, 5.41) is 0. The van der Waals surface area contributed by atoms with Gasteiger partial charge in [-0.2, -0.15) is 0 Å². The van der Waals surface area contributed by atoms with Crippen LogP contribution in [0.1, 0.15) is 43.9 Å². The van der Waals surface area contributed by atoms with Gasteiger partial charge in [-0.3, -0.25) is 9.69 Å². The van der Waals surface area contributed by atoms with Gasteiger partial charge < -0.3 is 9.64 Å². The molecule has 29 heavy (non-hydrogen) atoms. The second-order valence-corrected chi connectivity index (χ2v) is 9.32. The fourth-order valence-electron chi connectivity index (χ4n) is 5.17. The highest BCUT2D eigenvalue weighted by atomic mass is 16.5. The first-order chi connectivity index (χ1) is 13.8. The number of fused-ring (bicyclic) bond motifs is 1. The van der Waals surface area contributed by atoms with Gasteiger partial charge in [0, 0.05) is 29.7 Å². The van der Waals surface area contributed by atoms with Crippen molar-refractivity contribution in [3.05, 3.63) is 65.2 Å². The topological polar surface area (TPSA) is 32.8 Å². The monoisotopic (exact) mass is 392 g/mol. The first kappa shape index (κ1) is 20.1. The van der Waals surface area contributed by atoms with Gasteiger partial charge in [-0.25, -0.2) is 0 Å². The number of aryl methyl sites for hydroxylation is 1. The molecule has 1 amide bonds. The van der Waals surface area contributed by atoms with Crippen LogP contribution in [0.2, 0.25) is 0 Å². The zero-order valence-corrected chi connectivity index (χ0v) is 18.1. The van der Waals surface area contributed by atoms with Crippen LogP contribution in [0.15, 0.2) is 48.5 Å². The molecule has 1 atom stereocenters. The molecule has 1 saturated heterocycles. The maximum atomic E-state index is 13.5. The lowest BCUT2D eigenvalue weighted by atomic mass is 9.65. The molecule has 2 heterocycles. The molecule has 0 aromatic heterocycles. The fraction of sp³-hybridized carbons (Fsp3) is 0.480. The van der Waals surface area contributed by atoms with Gasteiger partial charge in [0.1, 0.15) is 0 Å². The average Bonchev–Trinajstić information content (AvgIpc) is 2.68. The molecule has 0 spiro atoms. The lowest BCUT2D eigenvalue weighted by Gasteiger charge is -2.51. The van der Waals surface area contributed by atoms with E-state index in [1.54, 1.807) is 0 Å². The van der Waals surface area contributed by atoms with E-state index in [1.165, 1.54) is 16.7 Å². The summed E-state index contributed by atoms with van der Waals surface area (Å²) >= 11 is 0. The van der Waals surface area contributed by atoms with Gasteiger partial charge in [-0.1, -0.05) is 55.0 Å². The maximum Gasteiger partial charge on any atom is 0.241 e. The van der Waals surface area contributed by atoms with Crippen LogP contribution >= 0.6 is 0 Å². The van der Waals surface area contributed by atoms with Crippen molar-refractivity contribution in [2.45, 2.75) is 45.1 Å². The Morgan fingerprint density at radius 2 is 1.66 bits per heavy atom.